The van der Waals surface area contributed by atoms with E-state index in [9.17, 15) is 0 Å². The fraction of sp³-hybridized carbons (Fsp3) is 0.667. The SMILES string of the molecule is COc1cccc(CC2(OC)CCC(C(C)C)CC2)c1. The standard InChI is InChI=1S/C18H28O2/c1-14(2)16-8-10-18(20-4,11-9-16)13-15-6-5-7-17(12-15)19-3/h5-7,12,14,16H,8-11,13H2,1-4H3. The van der Waals surface area contributed by atoms with Gasteiger partial charge in [-0.1, -0.05) is 26.0 Å². The van der Waals surface area contributed by atoms with Crippen LogP contribution in [0.3, 0.4) is 0 Å². The highest BCUT2D eigenvalue weighted by molar-refractivity contribution is 5.29. The molecule has 2 heteroatoms. The quantitative estimate of drug-likeness (QED) is 0.790. The Morgan fingerprint density at radius 3 is 2.45 bits per heavy atom. The van der Waals surface area contributed by atoms with Crippen LogP contribution in [-0.4, -0.2) is 19.8 Å². The molecule has 1 aromatic rings. The molecule has 1 aliphatic carbocycles. The molecule has 1 aliphatic rings. The maximum absolute atomic E-state index is 5.94. The van der Waals surface area contributed by atoms with Gasteiger partial charge in [0.1, 0.15) is 5.75 Å². The van der Waals surface area contributed by atoms with Crippen LogP contribution in [0.15, 0.2) is 24.3 Å². The van der Waals surface area contributed by atoms with Crippen molar-refractivity contribution >= 4 is 0 Å². The minimum absolute atomic E-state index is 0.0256. The molecule has 0 aromatic heterocycles. The van der Waals surface area contributed by atoms with Crippen molar-refractivity contribution < 1.29 is 9.47 Å². The van der Waals surface area contributed by atoms with Crippen molar-refractivity contribution in [3.8, 4) is 5.75 Å². The Morgan fingerprint density at radius 1 is 1.20 bits per heavy atom. The van der Waals surface area contributed by atoms with E-state index in [0.717, 1.165) is 24.0 Å². The summed E-state index contributed by atoms with van der Waals surface area (Å²) in [5.41, 5.74) is 1.34. The Kier molecular flexibility index (Phi) is 5.09. The summed E-state index contributed by atoms with van der Waals surface area (Å²) in [5, 5.41) is 0. The molecule has 1 saturated carbocycles. The summed E-state index contributed by atoms with van der Waals surface area (Å²) in [5.74, 6) is 2.59. The summed E-state index contributed by atoms with van der Waals surface area (Å²) in [6.07, 6.45) is 5.91. The van der Waals surface area contributed by atoms with Crippen LogP contribution in [0.25, 0.3) is 0 Å². The molecule has 0 unspecified atom stereocenters. The number of hydrogen-bond donors (Lipinski definition) is 0. The summed E-state index contributed by atoms with van der Waals surface area (Å²) in [6.45, 7) is 4.68. The molecule has 0 radical (unpaired) electrons. The van der Waals surface area contributed by atoms with E-state index in [1.165, 1.54) is 31.2 Å². The molecule has 20 heavy (non-hydrogen) atoms. The average Bonchev–Trinajstić information content (AvgIpc) is 2.48. The minimum atomic E-state index is 0.0256. The van der Waals surface area contributed by atoms with Gasteiger partial charge in [-0.2, -0.15) is 0 Å². The van der Waals surface area contributed by atoms with Crippen LogP contribution in [0, 0.1) is 11.8 Å². The van der Waals surface area contributed by atoms with E-state index in [-0.39, 0.29) is 5.60 Å². The Morgan fingerprint density at radius 2 is 1.90 bits per heavy atom. The van der Waals surface area contributed by atoms with Gasteiger partial charge in [-0.05, 0) is 55.2 Å². The molecule has 2 nitrogen and oxygen atoms in total. The van der Waals surface area contributed by atoms with Gasteiger partial charge in [0.05, 0.1) is 12.7 Å². The van der Waals surface area contributed by atoms with Crippen molar-refractivity contribution in [3.05, 3.63) is 29.8 Å². The van der Waals surface area contributed by atoms with Gasteiger partial charge < -0.3 is 9.47 Å². The zero-order valence-electron chi connectivity index (χ0n) is 13.3. The molecule has 0 saturated heterocycles. The van der Waals surface area contributed by atoms with Gasteiger partial charge in [-0.25, -0.2) is 0 Å². The average molecular weight is 276 g/mol. The minimum Gasteiger partial charge on any atom is -0.497 e. The molecule has 0 aliphatic heterocycles. The van der Waals surface area contributed by atoms with Crippen LogP contribution in [0.5, 0.6) is 5.75 Å². The number of benzene rings is 1. The molecule has 1 aromatic carbocycles. The lowest BCUT2D eigenvalue weighted by Crippen LogP contribution is -2.39. The van der Waals surface area contributed by atoms with Crippen LogP contribution < -0.4 is 4.74 Å². The third-order valence-corrected chi connectivity index (χ3v) is 4.98. The molecular weight excluding hydrogens is 248 g/mol. The first kappa shape index (κ1) is 15.4. The maximum atomic E-state index is 5.94. The van der Waals surface area contributed by atoms with Crippen LogP contribution >= 0.6 is 0 Å². The molecule has 0 spiro atoms. The van der Waals surface area contributed by atoms with E-state index in [2.05, 4.69) is 32.0 Å². The molecule has 0 amide bonds. The molecule has 0 N–H and O–H groups in total. The lowest BCUT2D eigenvalue weighted by Gasteiger charge is -2.40. The van der Waals surface area contributed by atoms with Gasteiger partial charge in [0.25, 0.3) is 0 Å². The highest BCUT2D eigenvalue weighted by Crippen LogP contribution is 2.39. The van der Waals surface area contributed by atoms with Crippen LogP contribution in [-0.2, 0) is 11.2 Å². The van der Waals surface area contributed by atoms with Gasteiger partial charge in [-0.3, -0.25) is 0 Å². The first-order valence-corrected chi connectivity index (χ1v) is 7.76. The van der Waals surface area contributed by atoms with Crippen LogP contribution in [0.2, 0.25) is 0 Å². The lowest BCUT2D eigenvalue weighted by molar-refractivity contribution is -0.0525. The molecule has 0 heterocycles. The summed E-state index contributed by atoms with van der Waals surface area (Å²) < 4.78 is 11.3. The zero-order chi connectivity index (χ0) is 14.6. The number of rotatable bonds is 5. The summed E-state index contributed by atoms with van der Waals surface area (Å²) >= 11 is 0. The largest absolute Gasteiger partial charge is 0.497 e. The fourth-order valence-electron chi connectivity index (χ4n) is 3.44. The van der Waals surface area contributed by atoms with Crippen molar-refractivity contribution in [2.45, 2.75) is 51.6 Å². The summed E-state index contributed by atoms with van der Waals surface area (Å²) in [7, 11) is 3.59. The van der Waals surface area contributed by atoms with Crippen molar-refractivity contribution in [2.75, 3.05) is 14.2 Å². The molecule has 0 bridgehead atoms. The van der Waals surface area contributed by atoms with Gasteiger partial charge in [0, 0.05) is 13.5 Å². The smallest absolute Gasteiger partial charge is 0.119 e. The van der Waals surface area contributed by atoms with E-state index in [1.54, 1.807) is 7.11 Å². The number of hydrogen-bond acceptors (Lipinski definition) is 2. The monoisotopic (exact) mass is 276 g/mol. The van der Waals surface area contributed by atoms with Crippen molar-refractivity contribution in [3.63, 3.8) is 0 Å². The second-order valence-electron chi connectivity index (χ2n) is 6.50. The predicted octanol–water partition coefficient (Wildman–Crippen LogP) is 4.47. The summed E-state index contributed by atoms with van der Waals surface area (Å²) in [4.78, 5) is 0. The normalized spacial score (nSPS) is 26.8. The predicted molar refractivity (Wildman–Crippen MR) is 83.2 cm³/mol. The van der Waals surface area contributed by atoms with Crippen LogP contribution in [0.4, 0.5) is 0 Å². The second-order valence-corrected chi connectivity index (χ2v) is 6.50. The number of ether oxygens (including phenoxy) is 2. The van der Waals surface area contributed by atoms with E-state index in [0.29, 0.717) is 0 Å². The molecule has 112 valence electrons. The van der Waals surface area contributed by atoms with Crippen molar-refractivity contribution in [1.82, 2.24) is 0 Å². The Labute approximate surface area is 123 Å². The van der Waals surface area contributed by atoms with E-state index >= 15 is 0 Å². The molecule has 1 fully saturated rings. The Hall–Kier alpha value is -1.02. The van der Waals surface area contributed by atoms with E-state index < -0.39 is 0 Å². The molecule has 2 rings (SSSR count). The number of methoxy groups -OCH3 is 2. The Bertz CT molecular complexity index is 417. The summed E-state index contributed by atoms with van der Waals surface area (Å²) in [6, 6.07) is 8.38. The zero-order valence-corrected chi connectivity index (χ0v) is 13.3. The lowest BCUT2D eigenvalue weighted by atomic mass is 9.72. The molecule has 0 atom stereocenters. The van der Waals surface area contributed by atoms with Gasteiger partial charge in [0.2, 0.25) is 0 Å². The van der Waals surface area contributed by atoms with Gasteiger partial charge >= 0.3 is 0 Å². The topological polar surface area (TPSA) is 18.5 Å². The highest BCUT2D eigenvalue weighted by atomic mass is 16.5. The Balaban J connectivity index is 2.05. The fourth-order valence-corrected chi connectivity index (χ4v) is 3.44. The maximum Gasteiger partial charge on any atom is 0.119 e. The third-order valence-electron chi connectivity index (χ3n) is 4.98. The van der Waals surface area contributed by atoms with Crippen molar-refractivity contribution in [2.24, 2.45) is 11.8 Å². The van der Waals surface area contributed by atoms with E-state index in [4.69, 9.17) is 9.47 Å². The second kappa shape index (κ2) is 6.62. The first-order valence-electron chi connectivity index (χ1n) is 7.76. The van der Waals surface area contributed by atoms with E-state index in [1.807, 2.05) is 13.2 Å². The highest BCUT2D eigenvalue weighted by Gasteiger charge is 2.36. The third kappa shape index (κ3) is 3.54. The van der Waals surface area contributed by atoms with Crippen LogP contribution in [0.1, 0.15) is 45.1 Å². The van der Waals surface area contributed by atoms with Gasteiger partial charge in [0.15, 0.2) is 0 Å². The van der Waals surface area contributed by atoms with Gasteiger partial charge in [-0.15, -0.1) is 0 Å². The molecular formula is C18H28O2. The van der Waals surface area contributed by atoms with Crippen molar-refractivity contribution in [1.29, 1.82) is 0 Å². The first-order chi connectivity index (χ1) is 9.58.